The quantitative estimate of drug-likeness (QED) is 0.517. The molecule has 0 aromatic carbocycles. The first kappa shape index (κ1) is 24.1. The Bertz CT molecular complexity index is 1260. The fraction of sp³-hybridized carbons (Fsp3) is 0.542. The number of hydrogen-bond acceptors (Lipinski definition) is 5. The second-order valence-corrected chi connectivity index (χ2v) is 9.89. The Kier molecular flexibility index (Phi) is 6.35. The Morgan fingerprint density at radius 2 is 2.06 bits per heavy atom. The molecule has 3 aromatic rings. The fourth-order valence-corrected chi connectivity index (χ4v) is 5.00. The van der Waals surface area contributed by atoms with Crippen LogP contribution in [0.5, 0.6) is 0 Å². The molecule has 12 heteroatoms. The van der Waals surface area contributed by atoms with Gasteiger partial charge in [-0.2, -0.15) is 10.2 Å². The molecule has 0 radical (unpaired) electrons. The molecule has 0 bridgehead atoms. The van der Waals surface area contributed by atoms with Gasteiger partial charge in [0.1, 0.15) is 5.69 Å². The summed E-state index contributed by atoms with van der Waals surface area (Å²) in [4.78, 5) is 31.6. The molecule has 0 spiro atoms. The number of rotatable bonds is 7. The molecule has 1 aliphatic carbocycles. The monoisotopic (exact) mass is 500 g/mol. The van der Waals surface area contributed by atoms with Crippen molar-refractivity contribution >= 4 is 17.6 Å². The van der Waals surface area contributed by atoms with Gasteiger partial charge in [0.05, 0.1) is 24.1 Å². The fourth-order valence-electron chi connectivity index (χ4n) is 5.00. The number of carbonyl (C=O) groups is 2. The molecule has 1 saturated carbocycles. The van der Waals surface area contributed by atoms with E-state index in [1.165, 1.54) is 0 Å². The van der Waals surface area contributed by atoms with Crippen LogP contribution in [-0.2, 0) is 6.54 Å². The molecule has 3 amide bonds. The number of urea groups is 1. The molecule has 36 heavy (non-hydrogen) atoms. The lowest BCUT2D eigenvalue weighted by atomic mass is 9.81. The SMILES string of the molecule is CC(C)n1nccc1C(=O)N[C@H](c1cn2ncc(CN3CCNC3=O)cc2n1)C1CCC(F)(F)CC1. The second-order valence-electron chi connectivity index (χ2n) is 9.89. The maximum absolute atomic E-state index is 13.9. The third kappa shape index (κ3) is 4.89. The molecule has 1 aliphatic heterocycles. The van der Waals surface area contributed by atoms with Gasteiger partial charge in [-0.05, 0) is 50.3 Å². The van der Waals surface area contributed by atoms with Crippen LogP contribution in [0.25, 0.3) is 5.65 Å². The van der Waals surface area contributed by atoms with E-state index in [9.17, 15) is 18.4 Å². The molecule has 2 aliphatic rings. The largest absolute Gasteiger partial charge is 0.342 e. The van der Waals surface area contributed by atoms with Crippen molar-refractivity contribution < 1.29 is 18.4 Å². The van der Waals surface area contributed by atoms with Gasteiger partial charge in [0, 0.05) is 44.7 Å². The second kappa shape index (κ2) is 9.47. The molecule has 0 unspecified atom stereocenters. The van der Waals surface area contributed by atoms with Gasteiger partial charge in [-0.1, -0.05) is 0 Å². The Balaban J connectivity index is 1.43. The molecule has 1 atom stereocenters. The van der Waals surface area contributed by atoms with Crippen LogP contribution in [0.4, 0.5) is 13.6 Å². The summed E-state index contributed by atoms with van der Waals surface area (Å²) in [5.74, 6) is -3.20. The lowest BCUT2D eigenvalue weighted by molar-refractivity contribution is -0.0495. The van der Waals surface area contributed by atoms with Crippen LogP contribution in [-0.4, -0.2) is 60.2 Å². The normalized spacial score (nSPS) is 19.1. The Morgan fingerprint density at radius 3 is 2.75 bits per heavy atom. The molecule has 2 fully saturated rings. The van der Waals surface area contributed by atoms with Crippen molar-refractivity contribution in [3.05, 3.63) is 47.7 Å². The van der Waals surface area contributed by atoms with E-state index < -0.39 is 12.0 Å². The van der Waals surface area contributed by atoms with Gasteiger partial charge in [-0.3, -0.25) is 9.48 Å². The van der Waals surface area contributed by atoms with Gasteiger partial charge in [-0.15, -0.1) is 0 Å². The minimum atomic E-state index is -2.68. The Hall–Kier alpha value is -3.57. The van der Waals surface area contributed by atoms with Gasteiger partial charge >= 0.3 is 6.03 Å². The molecule has 5 rings (SSSR count). The number of imidazole rings is 1. The van der Waals surface area contributed by atoms with E-state index in [-0.39, 0.29) is 49.6 Å². The highest BCUT2D eigenvalue weighted by atomic mass is 19.3. The van der Waals surface area contributed by atoms with Crippen molar-refractivity contribution in [1.29, 1.82) is 0 Å². The van der Waals surface area contributed by atoms with Gasteiger partial charge in [0.25, 0.3) is 5.91 Å². The van der Waals surface area contributed by atoms with Crippen LogP contribution >= 0.6 is 0 Å². The van der Waals surface area contributed by atoms with Crippen molar-refractivity contribution in [3.63, 3.8) is 0 Å². The number of fused-ring (bicyclic) bond motifs is 1. The molecule has 3 aromatic heterocycles. The summed E-state index contributed by atoms with van der Waals surface area (Å²) < 4.78 is 31.1. The van der Waals surface area contributed by atoms with Crippen LogP contribution < -0.4 is 10.6 Å². The highest BCUT2D eigenvalue weighted by Crippen LogP contribution is 2.41. The summed E-state index contributed by atoms with van der Waals surface area (Å²) in [5.41, 5.74) is 2.37. The Morgan fingerprint density at radius 1 is 1.28 bits per heavy atom. The van der Waals surface area contributed by atoms with Crippen molar-refractivity contribution in [3.8, 4) is 0 Å². The van der Waals surface area contributed by atoms with Gasteiger partial charge in [-0.25, -0.2) is 23.1 Å². The van der Waals surface area contributed by atoms with Crippen LogP contribution in [0.1, 0.15) is 73.4 Å². The summed E-state index contributed by atoms with van der Waals surface area (Å²) in [6, 6.07) is 2.81. The smallest absolute Gasteiger partial charge is 0.317 e. The van der Waals surface area contributed by atoms with Gasteiger partial charge in [0.2, 0.25) is 5.92 Å². The van der Waals surface area contributed by atoms with Crippen molar-refractivity contribution in [2.75, 3.05) is 13.1 Å². The van der Waals surface area contributed by atoms with Crippen LogP contribution in [0.3, 0.4) is 0 Å². The summed E-state index contributed by atoms with van der Waals surface area (Å²) in [7, 11) is 0. The number of amides is 3. The minimum absolute atomic E-state index is 0.0110. The van der Waals surface area contributed by atoms with Crippen LogP contribution in [0.2, 0.25) is 0 Å². The minimum Gasteiger partial charge on any atom is -0.342 e. The first-order valence-corrected chi connectivity index (χ1v) is 12.3. The lowest BCUT2D eigenvalue weighted by Crippen LogP contribution is -2.38. The van der Waals surface area contributed by atoms with Gasteiger partial charge < -0.3 is 15.5 Å². The molecule has 10 nitrogen and oxygen atoms in total. The van der Waals surface area contributed by atoms with Crippen LogP contribution in [0.15, 0.2) is 30.7 Å². The number of alkyl halides is 2. The van der Waals surface area contributed by atoms with E-state index in [4.69, 9.17) is 4.98 Å². The third-order valence-electron chi connectivity index (χ3n) is 6.94. The molecule has 4 heterocycles. The number of aromatic nitrogens is 5. The molecule has 1 saturated heterocycles. The summed E-state index contributed by atoms with van der Waals surface area (Å²) in [6.07, 6.45) is 5.10. The average Bonchev–Trinajstić information content (AvgIpc) is 3.57. The van der Waals surface area contributed by atoms with E-state index in [2.05, 4.69) is 20.8 Å². The van der Waals surface area contributed by atoms with E-state index >= 15 is 0 Å². The average molecular weight is 501 g/mol. The van der Waals surface area contributed by atoms with Crippen molar-refractivity contribution in [1.82, 2.24) is 39.9 Å². The standard InChI is InChI=1S/C24H30F2N8O2/c1-15(2)34-19(5-8-28-34)22(35)31-21(17-3-6-24(25,26)7-4-17)18-14-33-20(30-18)11-16(12-29-33)13-32-10-9-27-23(32)36/h5,8,11-12,14-15,17,21H,3-4,6-7,9-10,13H2,1-2H3,(H,27,36)(H,31,35)/t21-/m0/s1. The third-order valence-corrected chi connectivity index (χ3v) is 6.94. The van der Waals surface area contributed by atoms with Crippen LogP contribution in [0, 0.1) is 5.92 Å². The zero-order chi connectivity index (χ0) is 25.4. The molecular formula is C24H30F2N8O2. The zero-order valence-electron chi connectivity index (χ0n) is 20.3. The summed E-state index contributed by atoms with van der Waals surface area (Å²) in [6.45, 7) is 5.51. The molecule has 2 N–H and O–H groups in total. The maximum Gasteiger partial charge on any atom is 0.317 e. The predicted molar refractivity (Wildman–Crippen MR) is 127 cm³/mol. The molecular weight excluding hydrogens is 470 g/mol. The molecule has 192 valence electrons. The number of hydrogen-bond donors (Lipinski definition) is 2. The lowest BCUT2D eigenvalue weighted by Gasteiger charge is -2.33. The number of nitrogens with one attached hydrogen (secondary N) is 2. The van der Waals surface area contributed by atoms with E-state index in [0.29, 0.717) is 36.7 Å². The van der Waals surface area contributed by atoms with Gasteiger partial charge in [0.15, 0.2) is 5.65 Å². The topological polar surface area (TPSA) is 109 Å². The Labute approximate surface area is 207 Å². The first-order valence-electron chi connectivity index (χ1n) is 12.3. The van der Waals surface area contributed by atoms with Crippen molar-refractivity contribution in [2.24, 2.45) is 5.92 Å². The maximum atomic E-state index is 13.9. The first-order chi connectivity index (χ1) is 17.2. The number of carbonyl (C=O) groups excluding carboxylic acids is 2. The van der Waals surface area contributed by atoms with E-state index in [1.54, 1.807) is 38.8 Å². The highest BCUT2D eigenvalue weighted by Gasteiger charge is 2.39. The summed E-state index contributed by atoms with van der Waals surface area (Å²) in [5, 5.41) is 14.5. The predicted octanol–water partition coefficient (Wildman–Crippen LogP) is 3.33. The zero-order valence-corrected chi connectivity index (χ0v) is 20.3. The summed E-state index contributed by atoms with van der Waals surface area (Å²) >= 11 is 0. The van der Waals surface area contributed by atoms with E-state index in [0.717, 1.165) is 5.56 Å². The van der Waals surface area contributed by atoms with Crippen molar-refractivity contribution in [2.45, 2.75) is 64.1 Å². The number of nitrogens with zero attached hydrogens (tertiary/aromatic N) is 6. The van der Waals surface area contributed by atoms with E-state index in [1.807, 2.05) is 19.9 Å². The number of halogens is 2. The highest BCUT2D eigenvalue weighted by molar-refractivity contribution is 5.92.